The highest BCUT2D eigenvalue weighted by Crippen LogP contribution is 2.20. The van der Waals surface area contributed by atoms with Crippen molar-refractivity contribution >= 4 is 33.5 Å². The third kappa shape index (κ3) is 3.08. The van der Waals surface area contributed by atoms with Crippen LogP contribution in [0.1, 0.15) is 10.4 Å². The monoisotopic (exact) mass is 310 g/mol. The highest BCUT2D eigenvalue weighted by atomic mass is 79.9. The standard InChI is InChI=1S/C13H8BrClO2/c14-12-4-2-1-3-11(12)13(16)17-10-7-5-9(15)6-8-10/h1-8H. The fraction of sp³-hybridized carbons (Fsp3) is 0. The number of hydrogen-bond donors (Lipinski definition) is 0. The molecular formula is C13H8BrClO2. The summed E-state index contributed by atoms with van der Waals surface area (Å²) in [7, 11) is 0. The first-order valence-corrected chi connectivity index (χ1v) is 6.06. The summed E-state index contributed by atoms with van der Waals surface area (Å²) in [6, 6.07) is 13.7. The number of halogens is 2. The van der Waals surface area contributed by atoms with Gasteiger partial charge >= 0.3 is 5.97 Å². The summed E-state index contributed by atoms with van der Waals surface area (Å²) in [6.45, 7) is 0. The molecule has 0 radical (unpaired) electrons. The Kier molecular flexibility index (Phi) is 3.82. The van der Waals surface area contributed by atoms with E-state index in [1.54, 1.807) is 42.5 Å². The molecule has 0 spiro atoms. The van der Waals surface area contributed by atoms with Crippen LogP contribution in [0.3, 0.4) is 0 Å². The zero-order chi connectivity index (χ0) is 12.3. The second kappa shape index (κ2) is 5.34. The highest BCUT2D eigenvalue weighted by molar-refractivity contribution is 9.10. The van der Waals surface area contributed by atoms with Crippen LogP contribution in [0.5, 0.6) is 5.75 Å². The van der Waals surface area contributed by atoms with E-state index >= 15 is 0 Å². The van der Waals surface area contributed by atoms with E-state index in [1.165, 1.54) is 0 Å². The molecule has 2 aromatic carbocycles. The molecule has 0 fully saturated rings. The Morgan fingerprint density at radius 3 is 2.35 bits per heavy atom. The normalized spacial score (nSPS) is 10.0. The molecule has 0 aliphatic rings. The quantitative estimate of drug-likeness (QED) is 0.610. The number of carbonyl (C=O) groups is 1. The lowest BCUT2D eigenvalue weighted by atomic mass is 10.2. The molecule has 17 heavy (non-hydrogen) atoms. The van der Waals surface area contributed by atoms with Gasteiger partial charge in [0, 0.05) is 9.50 Å². The van der Waals surface area contributed by atoms with Crippen molar-refractivity contribution in [1.82, 2.24) is 0 Å². The summed E-state index contributed by atoms with van der Waals surface area (Å²) < 4.78 is 5.92. The van der Waals surface area contributed by atoms with Crippen LogP contribution in [0, 0.1) is 0 Å². The van der Waals surface area contributed by atoms with Crippen molar-refractivity contribution in [2.45, 2.75) is 0 Å². The minimum atomic E-state index is -0.403. The molecule has 2 aromatic rings. The van der Waals surface area contributed by atoms with Gasteiger partial charge in [0.15, 0.2) is 0 Å². The van der Waals surface area contributed by atoms with Crippen molar-refractivity contribution in [3.63, 3.8) is 0 Å². The molecular weight excluding hydrogens is 303 g/mol. The summed E-state index contributed by atoms with van der Waals surface area (Å²) in [5, 5.41) is 0.602. The van der Waals surface area contributed by atoms with Gasteiger partial charge in [0.1, 0.15) is 5.75 Å². The van der Waals surface area contributed by atoms with Gasteiger partial charge in [-0.15, -0.1) is 0 Å². The summed E-state index contributed by atoms with van der Waals surface area (Å²) in [4.78, 5) is 11.8. The van der Waals surface area contributed by atoms with Crippen LogP contribution >= 0.6 is 27.5 Å². The van der Waals surface area contributed by atoms with Gasteiger partial charge in [0.05, 0.1) is 5.56 Å². The second-order valence-electron chi connectivity index (χ2n) is 3.32. The predicted octanol–water partition coefficient (Wildman–Crippen LogP) is 4.32. The van der Waals surface area contributed by atoms with Gasteiger partial charge in [-0.05, 0) is 52.3 Å². The molecule has 0 unspecified atom stereocenters. The molecule has 0 aromatic heterocycles. The number of hydrogen-bond acceptors (Lipinski definition) is 2. The Balaban J connectivity index is 2.17. The third-order valence-corrected chi connectivity index (χ3v) is 3.06. The van der Waals surface area contributed by atoms with E-state index in [2.05, 4.69) is 15.9 Å². The van der Waals surface area contributed by atoms with E-state index in [-0.39, 0.29) is 0 Å². The van der Waals surface area contributed by atoms with Crippen molar-refractivity contribution in [3.05, 3.63) is 63.6 Å². The second-order valence-corrected chi connectivity index (χ2v) is 4.61. The third-order valence-electron chi connectivity index (χ3n) is 2.12. The highest BCUT2D eigenvalue weighted by Gasteiger charge is 2.11. The number of ether oxygens (including phenoxy) is 1. The Bertz CT molecular complexity index is 537. The lowest BCUT2D eigenvalue weighted by molar-refractivity contribution is 0.0734. The van der Waals surface area contributed by atoms with Gasteiger partial charge in [-0.3, -0.25) is 0 Å². The van der Waals surface area contributed by atoms with Crippen LogP contribution in [0.15, 0.2) is 53.0 Å². The van der Waals surface area contributed by atoms with E-state index in [1.807, 2.05) is 6.07 Å². The molecule has 0 aliphatic carbocycles. The minimum absolute atomic E-state index is 0.403. The zero-order valence-electron chi connectivity index (χ0n) is 8.69. The summed E-state index contributed by atoms with van der Waals surface area (Å²) >= 11 is 9.04. The van der Waals surface area contributed by atoms with Crippen LogP contribution in [-0.2, 0) is 0 Å². The minimum Gasteiger partial charge on any atom is -0.423 e. The molecule has 2 rings (SSSR count). The number of rotatable bonds is 2. The molecule has 4 heteroatoms. The van der Waals surface area contributed by atoms with Crippen molar-refractivity contribution in [3.8, 4) is 5.75 Å². The van der Waals surface area contributed by atoms with E-state index in [0.29, 0.717) is 20.8 Å². The molecule has 0 N–H and O–H groups in total. The number of esters is 1. The van der Waals surface area contributed by atoms with Crippen LogP contribution in [0.25, 0.3) is 0 Å². The first kappa shape index (κ1) is 12.1. The smallest absolute Gasteiger partial charge is 0.344 e. The molecule has 0 heterocycles. The maximum absolute atomic E-state index is 11.8. The number of benzene rings is 2. The molecule has 86 valence electrons. The van der Waals surface area contributed by atoms with Crippen molar-refractivity contribution in [2.24, 2.45) is 0 Å². The molecule has 0 aliphatic heterocycles. The lowest BCUT2D eigenvalue weighted by Gasteiger charge is -2.05. The summed E-state index contributed by atoms with van der Waals surface area (Å²) in [5.74, 6) is 0.0648. The Morgan fingerprint density at radius 1 is 1.06 bits per heavy atom. The molecule has 0 saturated carbocycles. The summed E-state index contributed by atoms with van der Waals surface area (Å²) in [6.07, 6.45) is 0. The van der Waals surface area contributed by atoms with Gasteiger partial charge in [-0.1, -0.05) is 23.7 Å². The van der Waals surface area contributed by atoms with Crippen LogP contribution < -0.4 is 4.74 Å². The van der Waals surface area contributed by atoms with E-state index in [4.69, 9.17) is 16.3 Å². The summed E-state index contributed by atoms with van der Waals surface area (Å²) in [5.41, 5.74) is 0.488. The first-order chi connectivity index (χ1) is 8.16. The average molecular weight is 312 g/mol. The number of carbonyl (C=O) groups excluding carboxylic acids is 1. The Morgan fingerprint density at radius 2 is 1.71 bits per heavy atom. The Labute approximate surface area is 112 Å². The molecule has 0 saturated heterocycles. The predicted molar refractivity (Wildman–Crippen MR) is 70.6 cm³/mol. The fourth-order valence-electron chi connectivity index (χ4n) is 1.29. The molecule has 2 nitrogen and oxygen atoms in total. The first-order valence-electron chi connectivity index (χ1n) is 4.89. The van der Waals surface area contributed by atoms with Gasteiger partial charge < -0.3 is 4.74 Å². The molecule has 0 bridgehead atoms. The van der Waals surface area contributed by atoms with E-state index in [0.717, 1.165) is 0 Å². The van der Waals surface area contributed by atoms with E-state index in [9.17, 15) is 4.79 Å². The maximum atomic E-state index is 11.8. The van der Waals surface area contributed by atoms with Crippen molar-refractivity contribution in [1.29, 1.82) is 0 Å². The van der Waals surface area contributed by atoms with Gasteiger partial charge in [0.2, 0.25) is 0 Å². The molecule has 0 atom stereocenters. The van der Waals surface area contributed by atoms with Crippen LogP contribution in [0.4, 0.5) is 0 Å². The van der Waals surface area contributed by atoms with Gasteiger partial charge in [0.25, 0.3) is 0 Å². The van der Waals surface area contributed by atoms with Gasteiger partial charge in [-0.2, -0.15) is 0 Å². The fourth-order valence-corrected chi connectivity index (χ4v) is 1.86. The SMILES string of the molecule is O=C(Oc1ccc(Cl)cc1)c1ccccc1Br. The van der Waals surface area contributed by atoms with E-state index < -0.39 is 5.97 Å². The zero-order valence-corrected chi connectivity index (χ0v) is 11.0. The molecule has 0 amide bonds. The van der Waals surface area contributed by atoms with Crippen LogP contribution in [-0.4, -0.2) is 5.97 Å². The lowest BCUT2D eigenvalue weighted by Crippen LogP contribution is -2.08. The Hall–Kier alpha value is -1.32. The largest absolute Gasteiger partial charge is 0.423 e. The maximum Gasteiger partial charge on any atom is 0.344 e. The van der Waals surface area contributed by atoms with Crippen molar-refractivity contribution < 1.29 is 9.53 Å². The topological polar surface area (TPSA) is 26.3 Å². The van der Waals surface area contributed by atoms with Crippen molar-refractivity contribution in [2.75, 3.05) is 0 Å². The average Bonchev–Trinajstić information content (AvgIpc) is 2.32. The van der Waals surface area contributed by atoms with Crippen LogP contribution in [0.2, 0.25) is 5.02 Å². The van der Waals surface area contributed by atoms with Gasteiger partial charge in [-0.25, -0.2) is 4.79 Å².